The molecule has 0 atom stereocenters. The van der Waals surface area contributed by atoms with Crippen molar-refractivity contribution in [1.82, 2.24) is 19.7 Å². The zero-order valence-corrected chi connectivity index (χ0v) is 13.4. The van der Waals surface area contributed by atoms with E-state index < -0.39 is 17.1 Å². The van der Waals surface area contributed by atoms with Crippen molar-refractivity contribution in [1.29, 1.82) is 5.41 Å². The van der Waals surface area contributed by atoms with Gasteiger partial charge in [-0.15, -0.1) is 0 Å². The number of fused-ring (bicyclic) bond motifs is 3. The number of nitrogens with one attached hydrogen (secondary N) is 3. The first-order chi connectivity index (χ1) is 11.4. The second kappa shape index (κ2) is 4.84. The molecule has 0 amide bonds. The molecule has 0 saturated carbocycles. The summed E-state index contributed by atoms with van der Waals surface area (Å²) in [5.41, 5.74) is 0.0672. The van der Waals surface area contributed by atoms with Gasteiger partial charge in [-0.3, -0.25) is 15.3 Å². The van der Waals surface area contributed by atoms with Crippen molar-refractivity contribution in [2.75, 3.05) is 0 Å². The minimum absolute atomic E-state index is 0.0578. The Labute approximate surface area is 136 Å². The Balaban J connectivity index is 2.31. The Hall–Kier alpha value is -2.81. The van der Waals surface area contributed by atoms with E-state index in [0.29, 0.717) is 27.7 Å². The number of thiazole rings is 1. The molecular weight excluding hydrogens is 336 g/mol. The van der Waals surface area contributed by atoms with Crippen LogP contribution in [0, 0.1) is 24.0 Å². The average Bonchev–Trinajstić information content (AvgIpc) is 3.07. The van der Waals surface area contributed by atoms with Crippen molar-refractivity contribution >= 4 is 33.1 Å². The third-order valence-electron chi connectivity index (χ3n) is 3.94. The van der Waals surface area contributed by atoms with Crippen LogP contribution in [-0.4, -0.2) is 19.7 Å². The fourth-order valence-corrected chi connectivity index (χ4v) is 3.67. The molecule has 0 aliphatic rings. The molecule has 3 heterocycles. The van der Waals surface area contributed by atoms with Gasteiger partial charge < -0.3 is 9.67 Å². The van der Waals surface area contributed by atoms with Gasteiger partial charge in [-0.2, -0.15) is 0 Å². The molecule has 6 nitrogen and oxygen atoms in total. The lowest BCUT2D eigenvalue weighted by Crippen LogP contribution is -2.08. The van der Waals surface area contributed by atoms with E-state index in [-0.39, 0.29) is 21.3 Å². The van der Waals surface area contributed by atoms with Gasteiger partial charge in [-0.25, -0.2) is 13.8 Å². The number of rotatable bonds is 1. The lowest BCUT2D eigenvalue weighted by atomic mass is 10.0. The Kier molecular flexibility index (Phi) is 2.98. The zero-order valence-electron chi connectivity index (χ0n) is 12.6. The maximum Gasteiger partial charge on any atom is 0.217 e. The van der Waals surface area contributed by atoms with Gasteiger partial charge in [0.15, 0.2) is 16.3 Å². The molecule has 0 fully saturated rings. The van der Waals surface area contributed by atoms with Crippen molar-refractivity contribution in [2.24, 2.45) is 7.05 Å². The van der Waals surface area contributed by atoms with E-state index >= 15 is 0 Å². The van der Waals surface area contributed by atoms with Crippen molar-refractivity contribution in [3.8, 4) is 10.6 Å². The lowest BCUT2D eigenvalue weighted by molar-refractivity contribution is 0.609. The van der Waals surface area contributed by atoms with Gasteiger partial charge in [0.2, 0.25) is 5.43 Å². The van der Waals surface area contributed by atoms with E-state index in [1.807, 2.05) is 0 Å². The van der Waals surface area contributed by atoms with Crippen molar-refractivity contribution in [3.05, 3.63) is 44.6 Å². The van der Waals surface area contributed by atoms with Gasteiger partial charge in [-0.05, 0) is 6.92 Å². The highest BCUT2D eigenvalue weighted by Crippen LogP contribution is 2.35. The minimum Gasteiger partial charge on any atom is -0.327 e. The minimum atomic E-state index is -1.01. The van der Waals surface area contributed by atoms with E-state index in [0.717, 1.165) is 11.3 Å². The topological polar surface area (TPSA) is 90.3 Å². The summed E-state index contributed by atoms with van der Waals surface area (Å²) in [6.07, 6.45) is 1.63. The molecule has 1 aromatic carbocycles. The quantitative estimate of drug-likeness (QED) is 0.494. The molecule has 9 heteroatoms. The molecule has 4 aromatic rings. The second-order valence-corrected chi connectivity index (χ2v) is 6.52. The molecule has 24 heavy (non-hydrogen) atoms. The molecule has 0 saturated heterocycles. The number of aromatic nitrogens is 4. The van der Waals surface area contributed by atoms with E-state index in [4.69, 9.17) is 5.41 Å². The van der Waals surface area contributed by atoms with Gasteiger partial charge in [0.1, 0.15) is 5.82 Å². The monoisotopic (exact) mass is 347 g/mol. The third kappa shape index (κ3) is 1.88. The van der Waals surface area contributed by atoms with Crippen LogP contribution in [0.15, 0.2) is 17.1 Å². The summed E-state index contributed by atoms with van der Waals surface area (Å²) in [5.74, 6) is -1.84. The molecule has 3 N–H and O–H groups in total. The van der Waals surface area contributed by atoms with Crippen molar-refractivity contribution in [3.63, 3.8) is 0 Å². The summed E-state index contributed by atoms with van der Waals surface area (Å²) in [5, 5.41) is 13.6. The zero-order chi connectivity index (χ0) is 17.2. The van der Waals surface area contributed by atoms with Crippen LogP contribution in [0.25, 0.3) is 32.4 Å². The van der Waals surface area contributed by atoms with Crippen LogP contribution >= 0.6 is 11.3 Å². The summed E-state index contributed by atoms with van der Waals surface area (Å²) in [6, 6.07) is 0.635. The van der Waals surface area contributed by atoms with Gasteiger partial charge in [0.25, 0.3) is 0 Å². The van der Waals surface area contributed by atoms with E-state index in [2.05, 4.69) is 15.2 Å². The maximum atomic E-state index is 14.6. The summed E-state index contributed by atoms with van der Waals surface area (Å²) >= 11 is 1.09. The SMILES string of the molecule is Cc1[nH][nH]c2nc(-c3cn(C)c(=N)s3)c3c(F)cc(=O)c(F)c3c12. The van der Waals surface area contributed by atoms with Crippen LogP contribution in [0.2, 0.25) is 0 Å². The number of pyridine rings is 1. The Morgan fingerprint density at radius 3 is 2.67 bits per heavy atom. The largest absolute Gasteiger partial charge is 0.327 e. The molecule has 0 bridgehead atoms. The number of hydrogen-bond donors (Lipinski definition) is 3. The maximum absolute atomic E-state index is 14.6. The molecule has 0 radical (unpaired) electrons. The Bertz CT molecular complexity index is 1250. The van der Waals surface area contributed by atoms with Crippen molar-refractivity contribution < 1.29 is 8.78 Å². The summed E-state index contributed by atoms with van der Waals surface area (Å²) < 4.78 is 30.7. The molecule has 0 spiro atoms. The number of benzene rings is 1. The highest BCUT2D eigenvalue weighted by atomic mass is 32.1. The number of nitrogens with zero attached hydrogens (tertiary/aromatic N) is 2. The highest BCUT2D eigenvalue weighted by molar-refractivity contribution is 7.12. The molecule has 122 valence electrons. The smallest absolute Gasteiger partial charge is 0.217 e. The average molecular weight is 347 g/mol. The van der Waals surface area contributed by atoms with Crippen LogP contribution in [-0.2, 0) is 7.05 Å². The summed E-state index contributed by atoms with van der Waals surface area (Å²) in [7, 11) is 1.68. The standard InChI is InChI=1S/C15H11F2N5OS/c1-5-9-11-10(6(16)3-7(23)12(11)17)13(19-14(9)21-20-5)8-4-22(2)15(18)24-8/h3-4,18H,1-2H3,(H2,19,20,21). The van der Waals surface area contributed by atoms with Crippen LogP contribution < -0.4 is 10.2 Å². The summed E-state index contributed by atoms with van der Waals surface area (Å²) in [4.78, 5) is 16.9. The number of aromatic amines is 2. The van der Waals surface area contributed by atoms with E-state index in [1.54, 1.807) is 24.7 Å². The first-order valence-electron chi connectivity index (χ1n) is 6.98. The lowest BCUT2D eigenvalue weighted by Gasteiger charge is -2.07. The normalized spacial score (nSPS) is 11.7. The van der Waals surface area contributed by atoms with Gasteiger partial charge in [-0.1, -0.05) is 11.3 Å². The molecule has 0 aliphatic carbocycles. The first kappa shape index (κ1) is 14.8. The second-order valence-electron chi connectivity index (χ2n) is 5.49. The number of halogens is 2. The highest BCUT2D eigenvalue weighted by Gasteiger charge is 2.22. The van der Waals surface area contributed by atoms with E-state index in [9.17, 15) is 13.6 Å². The van der Waals surface area contributed by atoms with Crippen LogP contribution in [0.4, 0.5) is 8.78 Å². The molecular formula is C15H11F2N5OS. The predicted molar refractivity (Wildman–Crippen MR) is 87.0 cm³/mol. The van der Waals surface area contributed by atoms with Gasteiger partial charge in [0, 0.05) is 35.8 Å². The molecule has 0 aliphatic heterocycles. The van der Waals surface area contributed by atoms with Crippen LogP contribution in [0.1, 0.15) is 5.69 Å². The molecule has 4 rings (SSSR count). The number of aryl methyl sites for hydroxylation is 2. The van der Waals surface area contributed by atoms with Crippen LogP contribution in [0.5, 0.6) is 0 Å². The van der Waals surface area contributed by atoms with Gasteiger partial charge >= 0.3 is 0 Å². The number of hydrogen-bond acceptors (Lipinski definition) is 4. The molecule has 3 aromatic heterocycles. The van der Waals surface area contributed by atoms with Crippen LogP contribution in [0.3, 0.4) is 0 Å². The Morgan fingerprint density at radius 2 is 2.00 bits per heavy atom. The first-order valence-corrected chi connectivity index (χ1v) is 7.80. The third-order valence-corrected chi connectivity index (χ3v) is 4.94. The fraction of sp³-hybridized carbons (Fsp3) is 0.133. The van der Waals surface area contributed by atoms with E-state index in [1.165, 1.54) is 0 Å². The summed E-state index contributed by atoms with van der Waals surface area (Å²) in [6.45, 7) is 1.68. The molecule has 0 unspecified atom stereocenters. The number of H-pyrrole nitrogens is 2. The van der Waals surface area contributed by atoms with Crippen molar-refractivity contribution in [2.45, 2.75) is 6.92 Å². The predicted octanol–water partition coefficient (Wildman–Crippen LogP) is 2.54. The Morgan fingerprint density at radius 1 is 1.25 bits per heavy atom. The van der Waals surface area contributed by atoms with Gasteiger partial charge in [0.05, 0.1) is 16.0 Å². The fourth-order valence-electron chi connectivity index (χ4n) is 2.81.